The second-order valence-electron chi connectivity index (χ2n) is 7.26. The fourth-order valence-corrected chi connectivity index (χ4v) is 4.21. The Morgan fingerprint density at radius 2 is 1.96 bits per heavy atom. The van der Waals surface area contributed by atoms with Gasteiger partial charge in [-0.2, -0.15) is 5.26 Å². The fourth-order valence-electron chi connectivity index (χ4n) is 3.10. The fraction of sp³-hybridized carbons (Fsp3) is 0.421. The second kappa shape index (κ2) is 5.99. The van der Waals surface area contributed by atoms with Crippen LogP contribution in [-0.2, 0) is 24.9 Å². The van der Waals surface area contributed by atoms with Crippen LogP contribution in [0.25, 0.3) is 0 Å². The number of fused-ring (bicyclic) bond motifs is 1. The minimum absolute atomic E-state index is 0.195. The summed E-state index contributed by atoms with van der Waals surface area (Å²) in [7, 11) is 0. The summed E-state index contributed by atoms with van der Waals surface area (Å²) in [4.78, 5) is 3.70. The normalized spacial score (nSPS) is 15.2. The molecule has 120 valence electrons. The summed E-state index contributed by atoms with van der Waals surface area (Å²) >= 11 is 1.58. The van der Waals surface area contributed by atoms with Crippen LogP contribution in [0.2, 0.25) is 0 Å². The van der Waals surface area contributed by atoms with E-state index in [1.807, 2.05) is 0 Å². The highest BCUT2D eigenvalue weighted by molar-refractivity contribution is 7.16. The molecule has 0 unspecified atom stereocenters. The first-order valence-electron chi connectivity index (χ1n) is 8.00. The summed E-state index contributed by atoms with van der Waals surface area (Å²) < 4.78 is 0. The molecule has 0 fully saturated rings. The topological polar surface area (TPSA) is 53.0 Å². The predicted molar refractivity (Wildman–Crippen MR) is 96.4 cm³/mol. The van der Waals surface area contributed by atoms with Crippen molar-refractivity contribution in [2.45, 2.75) is 45.7 Å². The van der Waals surface area contributed by atoms with Gasteiger partial charge in [0.2, 0.25) is 0 Å². The molecule has 1 aliphatic heterocycles. The Hall–Kier alpha value is -1.83. The first kappa shape index (κ1) is 16.0. The van der Waals surface area contributed by atoms with Crippen molar-refractivity contribution in [3.63, 3.8) is 0 Å². The molecule has 0 aliphatic carbocycles. The van der Waals surface area contributed by atoms with Crippen LogP contribution in [0.15, 0.2) is 24.3 Å². The summed E-state index contributed by atoms with van der Waals surface area (Å²) in [5.74, 6) is 0. The maximum atomic E-state index is 9.22. The third-order valence-electron chi connectivity index (χ3n) is 4.50. The van der Waals surface area contributed by atoms with Gasteiger partial charge >= 0.3 is 0 Å². The summed E-state index contributed by atoms with van der Waals surface area (Å²) in [5, 5.41) is 9.89. The molecule has 1 aromatic carbocycles. The minimum atomic E-state index is 0.195. The van der Waals surface area contributed by atoms with Crippen LogP contribution < -0.4 is 5.73 Å². The van der Waals surface area contributed by atoms with Gasteiger partial charge in [-0.3, -0.25) is 4.90 Å². The van der Waals surface area contributed by atoms with Crippen molar-refractivity contribution in [2.24, 2.45) is 0 Å². The van der Waals surface area contributed by atoms with E-state index in [0.717, 1.165) is 26.1 Å². The molecule has 0 atom stereocenters. The van der Waals surface area contributed by atoms with E-state index in [2.05, 4.69) is 56.0 Å². The predicted octanol–water partition coefficient (Wildman–Crippen LogP) is 4.06. The molecule has 4 heteroatoms. The zero-order chi connectivity index (χ0) is 16.6. The summed E-state index contributed by atoms with van der Waals surface area (Å²) in [6.07, 6.45) is 0.923. The first-order chi connectivity index (χ1) is 10.9. The second-order valence-corrected chi connectivity index (χ2v) is 8.40. The SMILES string of the molecule is CC(C)(C)c1ccc(CN2CCc3c(sc(N)c3C#N)C2)cc1. The molecule has 3 rings (SSSR count). The average Bonchev–Trinajstić information content (AvgIpc) is 2.81. The number of hydrogen-bond donors (Lipinski definition) is 1. The van der Waals surface area contributed by atoms with E-state index in [1.54, 1.807) is 11.3 Å². The third-order valence-corrected chi connectivity index (χ3v) is 5.55. The van der Waals surface area contributed by atoms with Crippen LogP contribution in [-0.4, -0.2) is 11.4 Å². The lowest BCUT2D eigenvalue weighted by atomic mass is 9.86. The molecular weight excluding hydrogens is 302 g/mol. The van der Waals surface area contributed by atoms with Crippen LogP contribution in [0.1, 0.15) is 47.9 Å². The highest BCUT2D eigenvalue weighted by atomic mass is 32.1. The van der Waals surface area contributed by atoms with Gasteiger partial charge in [-0.25, -0.2) is 0 Å². The Morgan fingerprint density at radius 1 is 1.26 bits per heavy atom. The van der Waals surface area contributed by atoms with Gasteiger partial charge in [0.15, 0.2) is 0 Å². The molecular formula is C19H23N3S. The number of benzene rings is 1. The highest BCUT2D eigenvalue weighted by Crippen LogP contribution is 2.35. The smallest absolute Gasteiger partial charge is 0.104 e. The van der Waals surface area contributed by atoms with Crippen LogP contribution in [0.4, 0.5) is 5.00 Å². The number of hydrogen-bond acceptors (Lipinski definition) is 4. The molecule has 1 aromatic heterocycles. The van der Waals surface area contributed by atoms with E-state index in [1.165, 1.54) is 21.6 Å². The largest absolute Gasteiger partial charge is 0.389 e. The number of nitrogens with two attached hydrogens (primary N) is 1. The third kappa shape index (κ3) is 3.26. The van der Waals surface area contributed by atoms with Gasteiger partial charge in [0.25, 0.3) is 0 Å². The molecule has 0 saturated heterocycles. The number of thiophene rings is 1. The maximum Gasteiger partial charge on any atom is 0.104 e. The van der Waals surface area contributed by atoms with Gasteiger partial charge in [0.05, 0.1) is 5.56 Å². The van der Waals surface area contributed by atoms with Gasteiger partial charge in [-0.15, -0.1) is 11.3 Å². The van der Waals surface area contributed by atoms with Crippen LogP contribution in [0, 0.1) is 11.3 Å². The number of nitriles is 1. The maximum absolute atomic E-state index is 9.22. The zero-order valence-electron chi connectivity index (χ0n) is 14.0. The number of nitrogen functional groups attached to an aromatic ring is 1. The Morgan fingerprint density at radius 3 is 2.57 bits per heavy atom. The van der Waals surface area contributed by atoms with E-state index in [0.29, 0.717) is 10.6 Å². The van der Waals surface area contributed by atoms with Gasteiger partial charge in [0.1, 0.15) is 11.1 Å². The van der Waals surface area contributed by atoms with Gasteiger partial charge in [0, 0.05) is 24.5 Å². The van der Waals surface area contributed by atoms with Crippen LogP contribution >= 0.6 is 11.3 Å². The van der Waals surface area contributed by atoms with Crippen molar-refractivity contribution >= 4 is 16.3 Å². The van der Waals surface area contributed by atoms with Gasteiger partial charge in [-0.05, 0) is 28.5 Å². The molecule has 0 saturated carbocycles. The summed E-state index contributed by atoms with van der Waals surface area (Å²) in [5.41, 5.74) is 10.7. The van der Waals surface area contributed by atoms with E-state index < -0.39 is 0 Å². The lowest BCUT2D eigenvalue weighted by molar-refractivity contribution is 0.248. The molecule has 23 heavy (non-hydrogen) atoms. The van der Waals surface area contributed by atoms with E-state index in [9.17, 15) is 5.26 Å². The van der Waals surface area contributed by atoms with Crippen LogP contribution in [0.3, 0.4) is 0 Å². The van der Waals surface area contributed by atoms with Gasteiger partial charge < -0.3 is 5.73 Å². The Labute approximate surface area is 142 Å². The summed E-state index contributed by atoms with van der Waals surface area (Å²) in [6, 6.07) is 11.2. The van der Waals surface area contributed by atoms with E-state index in [-0.39, 0.29) is 5.41 Å². The molecule has 3 nitrogen and oxygen atoms in total. The van der Waals surface area contributed by atoms with E-state index in [4.69, 9.17) is 5.73 Å². The average molecular weight is 325 g/mol. The molecule has 0 spiro atoms. The molecule has 0 radical (unpaired) electrons. The number of rotatable bonds is 2. The van der Waals surface area contributed by atoms with Crippen molar-refractivity contribution < 1.29 is 0 Å². The lowest BCUT2D eigenvalue weighted by Gasteiger charge is -2.27. The lowest BCUT2D eigenvalue weighted by Crippen LogP contribution is -2.29. The molecule has 2 N–H and O–H groups in total. The van der Waals surface area contributed by atoms with Gasteiger partial charge in [-0.1, -0.05) is 45.0 Å². The molecule has 1 aliphatic rings. The molecule has 0 bridgehead atoms. The van der Waals surface area contributed by atoms with Crippen molar-refractivity contribution in [1.29, 1.82) is 5.26 Å². The minimum Gasteiger partial charge on any atom is -0.389 e. The highest BCUT2D eigenvalue weighted by Gasteiger charge is 2.23. The summed E-state index contributed by atoms with van der Waals surface area (Å²) in [6.45, 7) is 9.54. The quantitative estimate of drug-likeness (QED) is 0.906. The van der Waals surface area contributed by atoms with Crippen molar-refractivity contribution in [3.05, 3.63) is 51.4 Å². The van der Waals surface area contributed by atoms with E-state index >= 15 is 0 Å². The van der Waals surface area contributed by atoms with Crippen molar-refractivity contribution in [2.75, 3.05) is 12.3 Å². The monoisotopic (exact) mass is 325 g/mol. The van der Waals surface area contributed by atoms with Crippen LogP contribution in [0.5, 0.6) is 0 Å². The zero-order valence-corrected chi connectivity index (χ0v) is 14.8. The number of nitrogens with zero attached hydrogens (tertiary/aromatic N) is 2. The van der Waals surface area contributed by atoms with Crippen molar-refractivity contribution in [1.82, 2.24) is 4.90 Å². The first-order valence-corrected chi connectivity index (χ1v) is 8.82. The molecule has 2 aromatic rings. The Bertz CT molecular complexity index is 745. The molecule has 2 heterocycles. The van der Waals surface area contributed by atoms with Crippen molar-refractivity contribution in [3.8, 4) is 6.07 Å². The standard InChI is InChI=1S/C19H23N3S/c1-19(2,3)14-6-4-13(5-7-14)11-22-9-8-15-16(10-20)18(21)23-17(15)12-22/h4-7H,8-9,11-12,21H2,1-3H3. The Kier molecular flexibility index (Phi) is 4.18. The molecule has 0 amide bonds. The Balaban J connectivity index is 1.72. The number of anilines is 1.